The summed E-state index contributed by atoms with van der Waals surface area (Å²) in [5.74, 6) is -0.245. The van der Waals surface area contributed by atoms with E-state index in [1.807, 2.05) is 0 Å². The highest BCUT2D eigenvalue weighted by Gasteiger charge is 2.19. The van der Waals surface area contributed by atoms with E-state index in [9.17, 15) is 9.59 Å². The molecule has 0 saturated carbocycles. The lowest BCUT2D eigenvalue weighted by Gasteiger charge is -1.90. The quantitative estimate of drug-likeness (QED) is 0.509. The molecule has 1 heterocycles. The molecule has 0 bridgehead atoms. The lowest BCUT2D eigenvalue weighted by atomic mass is 10.5. The molecule has 5 heteroatoms. The fourth-order valence-electron chi connectivity index (χ4n) is 0.418. The Morgan fingerprint density at radius 3 is 2.25 bits per heavy atom. The molecular formula is C7H12O5. The van der Waals surface area contributed by atoms with E-state index in [1.54, 1.807) is 6.92 Å². The first-order valence-electron chi connectivity index (χ1n) is 3.44. The van der Waals surface area contributed by atoms with Crippen LogP contribution in [0.25, 0.3) is 0 Å². The number of hydrogen-bond acceptors (Lipinski definition) is 5. The summed E-state index contributed by atoms with van der Waals surface area (Å²) in [6.07, 6.45) is -0.597. The van der Waals surface area contributed by atoms with Crippen LogP contribution < -0.4 is 0 Å². The highest BCUT2D eigenvalue weighted by atomic mass is 16.8. The van der Waals surface area contributed by atoms with Crippen LogP contribution in [-0.4, -0.2) is 31.9 Å². The van der Waals surface area contributed by atoms with E-state index in [0.29, 0.717) is 6.61 Å². The van der Waals surface area contributed by atoms with E-state index in [1.165, 1.54) is 14.0 Å². The first-order chi connectivity index (χ1) is 5.56. The molecule has 0 N–H and O–H groups in total. The van der Waals surface area contributed by atoms with Gasteiger partial charge in [0.2, 0.25) is 0 Å². The molecule has 70 valence electrons. The molecule has 0 radical (unpaired) electrons. The Bertz CT molecular complexity index is 165. The van der Waals surface area contributed by atoms with Crippen LogP contribution in [0.3, 0.4) is 0 Å². The number of carbonyl (C=O) groups excluding carboxylic acids is 2. The highest BCUT2D eigenvalue weighted by Crippen LogP contribution is 2.02. The summed E-state index contributed by atoms with van der Waals surface area (Å²) in [7, 11) is 1.35. The molecule has 1 fully saturated rings. The standard InChI is InChI=1S/C4H6O3.C3H6O2/c1-3-2-6-4(5)7-3;1-3(4)5-2/h3H,2H2,1H3;1-2H3. The third-order valence-electron chi connectivity index (χ3n) is 1.02. The molecular weight excluding hydrogens is 164 g/mol. The van der Waals surface area contributed by atoms with Gasteiger partial charge in [-0.25, -0.2) is 4.79 Å². The second-order valence-corrected chi connectivity index (χ2v) is 2.19. The summed E-state index contributed by atoms with van der Waals surface area (Å²) in [5, 5.41) is 0. The number of methoxy groups -OCH3 is 1. The van der Waals surface area contributed by atoms with E-state index >= 15 is 0 Å². The summed E-state index contributed by atoms with van der Waals surface area (Å²) in [5.41, 5.74) is 0. The predicted octanol–water partition coefficient (Wildman–Crippen LogP) is 0.721. The first kappa shape index (κ1) is 10.7. The Balaban J connectivity index is 0.000000217. The lowest BCUT2D eigenvalue weighted by Crippen LogP contribution is -2.01. The van der Waals surface area contributed by atoms with Gasteiger partial charge in [0, 0.05) is 6.92 Å². The third-order valence-corrected chi connectivity index (χ3v) is 1.02. The summed E-state index contributed by atoms with van der Waals surface area (Å²) < 4.78 is 13.0. The molecule has 0 aromatic carbocycles. The fourth-order valence-corrected chi connectivity index (χ4v) is 0.418. The van der Waals surface area contributed by atoms with Crippen LogP contribution in [-0.2, 0) is 19.0 Å². The van der Waals surface area contributed by atoms with Crippen molar-refractivity contribution < 1.29 is 23.8 Å². The molecule has 0 amide bonds. The number of ether oxygens (including phenoxy) is 3. The molecule has 5 nitrogen and oxygen atoms in total. The van der Waals surface area contributed by atoms with Crippen molar-refractivity contribution in [3.05, 3.63) is 0 Å². The maximum Gasteiger partial charge on any atom is 0.508 e. The Morgan fingerprint density at radius 2 is 2.17 bits per heavy atom. The fraction of sp³-hybridized carbons (Fsp3) is 0.714. The van der Waals surface area contributed by atoms with Crippen LogP contribution in [0.4, 0.5) is 4.79 Å². The second-order valence-electron chi connectivity index (χ2n) is 2.19. The Kier molecular flexibility index (Phi) is 4.83. The van der Waals surface area contributed by atoms with Crippen LogP contribution in [0.1, 0.15) is 13.8 Å². The van der Waals surface area contributed by atoms with Crippen molar-refractivity contribution in [3.63, 3.8) is 0 Å². The Hall–Kier alpha value is -1.26. The van der Waals surface area contributed by atoms with Crippen molar-refractivity contribution in [3.8, 4) is 0 Å². The molecule has 1 unspecified atom stereocenters. The minimum Gasteiger partial charge on any atom is -0.469 e. The molecule has 1 aliphatic heterocycles. The SMILES string of the molecule is CC1COC(=O)O1.COC(C)=O. The third kappa shape index (κ3) is 5.52. The maximum atomic E-state index is 10.0. The second kappa shape index (κ2) is 5.40. The van der Waals surface area contributed by atoms with Crippen LogP contribution in [0, 0.1) is 0 Å². The van der Waals surface area contributed by atoms with Gasteiger partial charge in [0.05, 0.1) is 7.11 Å². The molecule has 0 spiro atoms. The van der Waals surface area contributed by atoms with Gasteiger partial charge in [-0.2, -0.15) is 0 Å². The number of hydrogen-bond donors (Lipinski definition) is 0. The summed E-state index contributed by atoms with van der Waals surface area (Å²) in [6.45, 7) is 3.55. The number of cyclic esters (lactones) is 2. The molecule has 1 aliphatic rings. The average molecular weight is 176 g/mol. The van der Waals surface area contributed by atoms with Crippen LogP contribution in [0.15, 0.2) is 0 Å². The zero-order valence-corrected chi connectivity index (χ0v) is 7.33. The van der Waals surface area contributed by atoms with Crippen molar-refractivity contribution in [2.24, 2.45) is 0 Å². The van der Waals surface area contributed by atoms with Gasteiger partial charge in [-0.15, -0.1) is 0 Å². The smallest absolute Gasteiger partial charge is 0.469 e. The number of carbonyl (C=O) groups is 2. The molecule has 12 heavy (non-hydrogen) atoms. The van der Waals surface area contributed by atoms with Gasteiger partial charge in [-0.3, -0.25) is 4.79 Å². The molecule has 0 aliphatic carbocycles. The normalized spacial score (nSPS) is 19.9. The first-order valence-corrected chi connectivity index (χ1v) is 3.44. The van der Waals surface area contributed by atoms with Gasteiger partial charge < -0.3 is 14.2 Å². The molecule has 1 atom stereocenters. The van der Waals surface area contributed by atoms with Gasteiger partial charge in [0.1, 0.15) is 12.7 Å². The van der Waals surface area contributed by atoms with E-state index in [0.717, 1.165) is 0 Å². The minimum absolute atomic E-state index is 0.0486. The van der Waals surface area contributed by atoms with Gasteiger partial charge in [-0.1, -0.05) is 0 Å². The van der Waals surface area contributed by atoms with Crippen molar-refractivity contribution in [1.29, 1.82) is 0 Å². The van der Waals surface area contributed by atoms with Crippen molar-refractivity contribution in [2.75, 3.05) is 13.7 Å². The van der Waals surface area contributed by atoms with E-state index < -0.39 is 6.16 Å². The maximum absolute atomic E-state index is 10.0. The van der Waals surface area contributed by atoms with Gasteiger partial charge in [-0.05, 0) is 6.92 Å². The molecule has 1 rings (SSSR count). The van der Waals surface area contributed by atoms with Crippen LogP contribution in [0.5, 0.6) is 0 Å². The zero-order chi connectivity index (χ0) is 9.56. The van der Waals surface area contributed by atoms with Gasteiger partial charge in [0.25, 0.3) is 0 Å². The van der Waals surface area contributed by atoms with E-state index in [2.05, 4.69) is 14.2 Å². The van der Waals surface area contributed by atoms with Crippen molar-refractivity contribution in [2.45, 2.75) is 20.0 Å². The van der Waals surface area contributed by atoms with Crippen molar-refractivity contribution in [1.82, 2.24) is 0 Å². The number of rotatable bonds is 0. The summed E-state index contributed by atoms with van der Waals surface area (Å²) >= 11 is 0. The largest absolute Gasteiger partial charge is 0.508 e. The number of esters is 1. The van der Waals surface area contributed by atoms with Crippen LogP contribution in [0.2, 0.25) is 0 Å². The monoisotopic (exact) mass is 176 g/mol. The highest BCUT2D eigenvalue weighted by molar-refractivity contribution is 5.65. The Labute approximate surface area is 70.6 Å². The van der Waals surface area contributed by atoms with E-state index in [4.69, 9.17) is 0 Å². The minimum atomic E-state index is -0.549. The Morgan fingerprint density at radius 1 is 1.67 bits per heavy atom. The summed E-state index contributed by atoms with van der Waals surface area (Å²) in [6, 6.07) is 0. The topological polar surface area (TPSA) is 61.8 Å². The molecule has 0 aromatic heterocycles. The molecule has 1 saturated heterocycles. The van der Waals surface area contributed by atoms with Gasteiger partial charge >= 0.3 is 12.1 Å². The zero-order valence-electron chi connectivity index (χ0n) is 7.33. The van der Waals surface area contributed by atoms with Crippen LogP contribution >= 0.6 is 0 Å². The average Bonchev–Trinajstić information content (AvgIpc) is 2.36. The predicted molar refractivity (Wildman–Crippen MR) is 39.6 cm³/mol. The molecule has 0 aromatic rings. The van der Waals surface area contributed by atoms with Crippen molar-refractivity contribution >= 4 is 12.1 Å². The summed E-state index contributed by atoms with van der Waals surface area (Å²) in [4.78, 5) is 19.6. The van der Waals surface area contributed by atoms with Gasteiger partial charge in [0.15, 0.2) is 0 Å². The van der Waals surface area contributed by atoms with E-state index in [-0.39, 0.29) is 12.1 Å². The lowest BCUT2D eigenvalue weighted by molar-refractivity contribution is -0.137.